The summed E-state index contributed by atoms with van der Waals surface area (Å²) in [5, 5.41) is 8.53. The topological polar surface area (TPSA) is 138 Å². The summed E-state index contributed by atoms with van der Waals surface area (Å²) >= 11 is 0. The van der Waals surface area contributed by atoms with Crippen LogP contribution in [0.5, 0.6) is 0 Å². The average molecular weight is 417 g/mol. The molecule has 31 heavy (non-hydrogen) atoms. The summed E-state index contributed by atoms with van der Waals surface area (Å²) in [5.74, 6) is 1.39. The van der Waals surface area contributed by atoms with Crippen molar-refractivity contribution >= 4 is 11.2 Å². The Bertz CT molecular complexity index is 1440. The normalized spacial score (nSPS) is 11.4. The highest BCUT2D eigenvalue weighted by Crippen LogP contribution is 2.20. The summed E-state index contributed by atoms with van der Waals surface area (Å²) in [6.07, 6.45) is 6.08. The quantitative estimate of drug-likeness (QED) is 0.370. The van der Waals surface area contributed by atoms with E-state index in [1.807, 2.05) is 53.5 Å². The van der Waals surface area contributed by atoms with Gasteiger partial charge < -0.3 is 9.51 Å². The highest BCUT2D eigenvalue weighted by atomic mass is 16.5. The smallest absolute Gasteiger partial charge is 0.327 e. The first-order chi connectivity index (χ1) is 15.1. The molecule has 0 atom stereocenters. The third-order valence-electron chi connectivity index (χ3n) is 4.95. The molecule has 0 aliphatic heterocycles. The van der Waals surface area contributed by atoms with Crippen LogP contribution in [0.2, 0.25) is 0 Å². The highest BCUT2D eigenvalue weighted by molar-refractivity contribution is 5.68. The molecule has 3 N–H and O–H groups in total. The van der Waals surface area contributed by atoms with Crippen LogP contribution in [0, 0.1) is 0 Å². The minimum atomic E-state index is -0.564. The van der Waals surface area contributed by atoms with Gasteiger partial charge in [0.25, 0.3) is 5.56 Å². The maximum atomic E-state index is 11.8. The Kier molecular flexibility index (Phi) is 4.79. The third-order valence-corrected chi connectivity index (χ3v) is 4.95. The number of nitrogens with zero attached hydrogens (tertiary/aromatic N) is 4. The van der Waals surface area contributed by atoms with Gasteiger partial charge in [0, 0.05) is 24.2 Å². The van der Waals surface area contributed by atoms with E-state index in [-0.39, 0.29) is 11.2 Å². The molecule has 0 fully saturated rings. The minimum Gasteiger partial charge on any atom is -0.356 e. The highest BCUT2D eigenvalue weighted by Gasteiger charge is 2.10. The number of benzene rings is 1. The first-order valence-electron chi connectivity index (χ1n) is 9.87. The zero-order valence-electron chi connectivity index (χ0n) is 16.5. The second-order valence-electron chi connectivity index (χ2n) is 7.26. The molecule has 5 aromatic rings. The molecule has 1 aromatic carbocycles. The fourth-order valence-corrected chi connectivity index (χ4v) is 3.47. The molecule has 0 radical (unpaired) electrons. The third kappa shape index (κ3) is 4.08. The van der Waals surface area contributed by atoms with Crippen molar-refractivity contribution in [1.82, 2.24) is 34.9 Å². The second-order valence-corrected chi connectivity index (χ2v) is 7.26. The van der Waals surface area contributed by atoms with Crippen LogP contribution in [-0.2, 0) is 19.4 Å². The average Bonchev–Trinajstić information content (AvgIpc) is 3.49. The lowest BCUT2D eigenvalue weighted by molar-refractivity contribution is 0.419. The van der Waals surface area contributed by atoms with Gasteiger partial charge in [-0.3, -0.25) is 19.4 Å². The lowest BCUT2D eigenvalue weighted by Crippen LogP contribution is -2.21. The van der Waals surface area contributed by atoms with Crippen LogP contribution in [0.1, 0.15) is 23.5 Å². The molecule has 0 unspecified atom stereocenters. The summed E-state index contributed by atoms with van der Waals surface area (Å²) in [4.78, 5) is 35.1. The van der Waals surface area contributed by atoms with Crippen molar-refractivity contribution in [3.8, 4) is 11.3 Å². The molecular formula is C21H19N7O3. The Balaban J connectivity index is 1.19. The lowest BCUT2D eigenvalue weighted by Gasteiger charge is -1.97. The molecule has 0 bridgehead atoms. The van der Waals surface area contributed by atoms with Gasteiger partial charge in [-0.25, -0.2) is 9.78 Å². The zero-order chi connectivity index (χ0) is 21.2. The van der Waals surface area contributed by atoms with Crippen molar-refractivity contribution < 1.29 is 4.52 Å². The molecule has 156 valence electrons. The monoisotopic (exact) mass is 417 g/mol. The number of imidazole rings is 1. The molecular weight excluding hydrogens is 398 g/mol. The molecule has 0 saturated carbocycles. The van der Waals surface area contributed by atoms with E-state index in [9.17, 15) is 9.59 Å². The predicted octanol–water partition coefficient (Wildman–Crippen LogP) is 2.01. The summed E-state index contributed by atoms with van der Waals surface area (Å²) in [7, 11) is 0. The van der Waals surface area contributed by atoms with Gasteiger partial charge in [-0.2, -0.15) is 5.10 Å². The van der Waals surface area contributed by atoms with Crippen LogP contribution in [0.4, 0.5) is 0 Å². The number of hydrogen-bond acceptors (Lipinski definition) is 6. The molecule has 0 aliphatic carbocycles. The number of nitrogens with one attached hydrogen (secondary N) is 3. The van der Waals surface area contributed by atoms with E-state index in [1.165, 1.54) is 0 Å². The van der Waals surface area contributed by atoms with Crippen LogP contribution in [0.25, 0.3) is 22.5 Å². The van der Waals surface area contributed by atoms with Crippen molar-refractivity contribution in [3.63, 3.8) is 0 Å². The molecule has 4 aromatic heterocycles. The Labute approximate surface area is 175 Å². The summed E-state index contributed by atoms with van der Waals surface area (Å²) < 4.78 is 7.26. The molecule has 4 heterocycles. The van der Waals surface area contributed by atoms with E-state index in [0.717, 1.165) is 35.4 Å². The minimum absolute atomic E-state index is 0.277. The van der Waals surface area contributed by atoms with Gasteiger partial charge in [0.05, 0.1) is 12.7 Å². The number of hydrogen-bond donors (Lipinski definition) is 3. The van der Waals surface area contributed by atoms with Gasteiger partial charge in [-0.15, -0.1) is 0 Å². The first-order valence-corrected chi connectivity index (χ1v) is 9.87. The van der Waals surface area contributed by atoms with Crippen molar-refractivity contribution in [2.45, 2.75) is 25.8 Å². The number of aromatic amines is 3. The lowest BCUT2D eigenvalue weighted by atomic mass is 10.1. The van der Waals surface area contributed by atoms with Gasteiger partial charge in [-0.05, 0) is 18.4 Å². The molecule has 10 nitrogen and oxygen atoms in total. The Morgan fingerprint density at radius 1 is 1.03 bits per heavy atom. The predicted molar refractivity (Wildman–Crippen MR) is 113 cm³/mol. The fourth-order valence-electron chi connectivity index (χ4n) is 3.47. The van der Waals surface area contributed by atoms with Gasteiger partial charge >= 0.3 is 5.69 Å². The Morgan fingerprint density at radius 2 is 1.90 bits per heavy atom. The maximum absolute atomic E-state index is 11.8. The van der Waals surface area contributed by atoms with E-state index >= 15 is 0 Å². The standard InChI is InChI=1S/C21H19N7O3/c29-20-18-19(25-21(30)26-20)24-17(23-18)8-4-5-13-10-22-28(11-13)12-15-9-16(31-27-15)14-6-2-1-3-7-14/h1-3,6-7,9-11H,4-5,8,12H2,(H3,23,24,25,26,29,30). The van der Waals surface area contributed by atoms with Gasteiger partial charge in [0.1, 0.15) is 17.0 Å². The number of fused-ring (bicyclic) bond motifs is 1. The van der Waals surface area contributed by atoms with Crippen molar-refractivity contribution in [3.05, 3.63) is 86.7 Å². The van der Waals surface area contributed by atoms with E-state index in [1.54, 1.807) is 0 Å². The van der Waals surface area contributed by atoms with Gasteiger partial charge in [-0.1, -0.05) is 35.5 Å². The van der Waals surface area contributed by atoms with E-state index in [0.29, 0.717) is 18.8 Å². The number of aromatic nitrogens is 7. The maximum Gasteiger partial charge on any atom is 0.327 e. The summed E-state index contributed by atoms with van der Waals surface area (Å²) in [6.45, 7) is 0.524. The van der Waals surface area contributed by atoms with Crippen LogP contribution < -0.4 is 11.2 Å². The Morgan fingerprint density at radius 3 is 2.77 bits per heavy atom. The second kappa shape index (κ2) is 7.90. The summed E-state index contributed by atoms with van der Waals surface area (Å²) in [6, 6.07) is 11.8. The van der Waals surface area contributed by atoms with E-state index < -0.39 is 11.2 Å². The number of rotatable bonds is 7. The fraction of sp³-hybridized carbons (Fsp3) is 0.190. The largest absolute Gasteiger partial charge is 0.356 e. The molecule has 0 aliphatic rings. The van der Waals surface area contributed by atoms with Gasteiger partial charge in [0.2, 0.25) is 0 Å². The molecule has 5 rings (SSSR count). The first kappa shape index (κ1) is 18.8. The summed E-state index contributed by atoms with van der Waals surface area (Å²) in [5.41, 5.74) is 2.40. The van der Waals surface area contributed by atoms with Crippen LogP contribution in [0.15, 0.2) is 62.9 Å². The molecule has 0 saturated heterocycles. The van der Waals surface area contributed by atoms with Crippen LogP contribution in [-0.4, -0.2) is 34.9 Å². The van der Waals surface area contributed by atoms with E-state index in [2.05, 4.69) is 30.2 Å². The van der Waals surface area contributed by atoms with E-state index in [4.69, 9.17) is 4.52 Å². The Hall–Kier alpha value is -4.21. The molecule has 10 heteroatoms. The van der Waals surface area contributed by atoms with Crippen LogP contribution in [0.3, 0.4) is 0 Å². The number of aryl methyl sites for hydroxylation is 2. The van der Waals surface area contributed by atoms with Crippen molar-refractivity contribution in [2.75, 3.05) is 0 Å². The zero-order valence-corrected chi connectivity index (χ0v) is 16.5. The molecule has 0 amide bonds. The molecule has 0 spiro atoms. The number of H-pyrrole nitrogens is 3. The van der Waals surface area contributed by atoms with Crippen molar-refractivity contribution in [2.24, 2.45) is 0 Å². The van der Waals surface area contributed by atoms with Crippen molar-refractivity contribution in [1.29, 1.82) is 0 Å². The SMILES string of the molecule is O=c1[nH]c(=O)c2[nH]c(CCCc3cnn(Cc4cc(-c5ccccc5)on4)c3)nc2[nH]1. The van der Waals surface area contributed by atoms with Gasteiger partial charge in [0.15, 0.2) is 11.4 Å². The van der Waals surface area contributed by atoms with Crippen LogP contribution >= 0.6 is 0 Å².